The highest BCUT2D eigenvalue weighted by molar-refractivity contribution is 6.33. The molecule has 4 nitrogen and oxygen atoms in total. The molecule has 0 aliphatic heterocycles. The van der Waals surface area contributed by atoms with Crippen molar-refractivity contribution in [3.8, 4) is 0 Å². The van der Waals surface area contributed by atoms with Crippen molar-refractivity contribution < 1.29 is 4.79 Å². The molecule has 106 valence electrons. The van der Waals surface area contributed by atoms with Crippen LogP contribution in [0.15, 0.2) is 30.3 Å². The highest BCUT2D eigenvalue weighted by atomic mass is 35.5. The van der Waals surface area contributed by atoms with E-state index < -0.39 is 0 Å². The van der Waals surface area contributed by atoms with E-state index in [0.717, 1.165) is 24.2 Å². The number of benzene rings is 1. The van der Waals surface area contributed by atoms with Gasteiger partial charge in [0.1, 0.15) is 6.54 Å². The van der Waals surface area contributed by atoms with Gasteiger partial charge in [-0.25, -0.2) is 0 Å². The van der Waals surface area contributed by atoms with Crippen molar-refractivity contribution in [3.05, 3.63) is 46.7 Å². The topological polar surface area (TPSA) is 46.9 Å². The lowest BCUT2D eigenvalue weighted by atomic mass is 10.2. The van der Waals surface area contributed by atoms with Gasteiger partial charge in [0, 0.05) is 5.69 Å². The SMILES string of the molecule is CCc1cc(CC)n(CC(=O)Nc2ccccc2Cl)n1. The first-order valence-corrected chi connectivity index (χ1v) is 7.11. The molecule has 0 fully saturated rings. The normalized spacial score (nSPS) is 10.6. The van der Waals surface area contributed by atoms with Crippen molar-refractivity contribution in [2.24, 2.45) is 0 Å². The molecule has 20 heavy (non-hydrogen) atoms. The Kier molecular flexibility index (Phi) is 4.79. The van der Waals surface area contributed by atoms with Crippen LogP contribution in [0, 0.1) is 0 Å². The van der Waals surface area contributed by atoms with Crippen molar-refractivity contribution in [2.45, 2.75) is 33.2 Å². The summed E-state index contributed by atoms with van der Waals surface area (Å²) in [7, 11) is 0. The first-order valence-electron chi connectivity index (χ1n) is 6.74. The van der Waals surface area contributed by atoms with E-state index in [2.05, 4.69) is 24.3 Å². The molecule has 0 aliphatic rings. The maximum Gasteiger partial charge on any atom is 0.246 e. The smallest absolute Gasteiger partial charge is 0.246 e. The Morgan fingerprint density at radius 3 is 2.70 bits per heavy atom. The number of nitrogens with zero attached hydrogens (tertiary/aromatic N) is 2. The second-order valence-corrected chi connectivity index (χ2v) is 4.93. The molecule has 0 aliphatic carbocycles. The summed E-state index contributed by atoms with van der Waals surface area (Å²) in [5.41, 5.74) is 2.70. The summed E-state index contributed by atoms with van der Waals surface area (Å²) in [6, 6.07) is 9.23. The summed E-state index contributed by atoms with van der Waals surface area (Å²) < 4.78 is 1.75. The summed E-state index contributed by atoms with van der Waals surface area (Å²) >= 11 is 6.02. The molecule has 2 rings (SSSR count). The van der Waals surface area contributed by atoms with Gasteiger partial charge in [-0.1, -0.05) is 37.6 Å². The minimum absolute atomic E-state index is 0.126. The molecular weight excluding hydrogens is 274 g/mol. The number of anilines is 1. The third kappa shape index (κ3) is 3.39. The zero-order valence-corrected chi connectivity index (χ0v) is 12.4. The van der Waals surface area contributed by atoms with Gasteiger partial charge < -0.3 is 5.32 Å². The third-order valence-electron chi connectivity index (χ3n) is 3.08. The Bertz CT molecular complexity index is 607. The van der Waals surface area contributed by atoms with Gasteiger partial charge in [-0.05, 0) is 31.0 Å². The Balaban J connectivity index is 2.08. The molecule has 0 atom stereocenters. The van der Waals surface area contributed by atoms with E-state index in [-0.39, 0.29) is 12.5 Å². The molecule has 0 saturated carbocycles. The number of aryl methyl sites for hydroxylation is 2. The molecule has 0 radical (unpaired) electrons. The molecule has 1 N–H and O–H groups in total. The van der Waals surface area contributed by atoms with Gasteiger partial charge in [-0.3, -0.25) is 9.48 Å². The number of hydrogen-bond donors (Lipinski definition) is 1. The van der Waals surface area contributed by atoms with Gasteiger partial charge in [-0.2, -0.15) is 5.10 Å². The molecule has 1 aromatic heterocycles. The van der Waals surface area contributed by atoms with E-state index in [9.17, 15) is 4.79 Å². The van der Waals surface area contributed by atoms with E-state index in [0.29, 0.717) is 10.7 Å². The number of rotatable bonds is 5. The van der Waals surface area contributed by atoms with Crippen molar-refractivity contribution in [1.82, 2.24) is 9.78 Å². The number of amides is 1. The van der Waals surface area contributed by atoms with E-state index in [4.69, 9.17) is 11.6 Å². The minimum atomic E-state index is -0.126. The number of carbonyl (C=O) groups excluding carboxylic acids is 1. The van der Waals surface area contributed by atoms with Crippen LogP contribution < -0.4 is 5.32 Å². The predicted octanol–water partition coefficient (Wildman–Crippen LogP) is 3.30. The fourth-order valence-electron chi connectivity index (χ4n) is 2.00. The lowest BCUT2D eigenvalue weighted by Gasteiger charge is -2.08. The van der Waals surface area contributed by atoms with Gasteiger partial charge >= 0.3 is 0 Å². The molecule has 1 heterocycles. The number of hydrogen-bond acceptors (Lipinski definition) is 2. The predicted molar refractivity (Wildman–Crippen MR) is 81.1 cm³/mol. The number of halogens is 1. The quantitative estimate of drug-likeness (QED) is 0.919. The Labute approximate surface area is 123 Å². The fraction of sp³-hybridized carbons (Fsp3) is 0.333. The summed E-state index contributed by atoms with van der Waals surface area (Å²) in [6.45, 7) is 4.31. The maximum absolute atomic E-state index is 12.1. The fourth-order valence-corrected chi connectivity index (χ4v) is 2.18. The minimum Gasteiger partial charge on any atom is -0.323 e. The average Bonchev–Trinajstić information content (AvgIpc) is 2.83. The molecule has 5 heteroatoms. The van der Waals surface area contributed by atoms with Crippen LogP contribution >= 0.6 is 11.6 Å². The maximum atomic E-state index is 12.1. The highest BCUT2D eigenvalue weighted by Crippen LogP contribution is 2.20. The Hall–Kier alpha value is -1.81. The molecule has 0 spiro atoms. The monoisotopic (exact) mass is 291 g/mol. The first-order chi connectivity index (χ1) is 9.63. The molecule has 1 aromatic carbocycles. The van der Waals surface area contributed by atoms with Crippen molar-refractivity contribution >= 4 is 23.2 Å². The zero-order chi connectivity index (χ0) is 14.5. The summed E-state index contributed by atoms with van der Waals surface area (Å²) in [5, 5.41) is 7.77. The van der Waals surface area contributed by atoms with E-state index >= 15 is 0 Å². The lowest BCUT2D eigenvalue weighted by molar-refractivity contribution is -0.116. The summed E-state index contributed by atoms with van der Waals surface area (Å²) in [4.78, 5) is 12.1. The molecule has 0 bridgehead atoms. The van der Waals surface area contributed by atoms with Gasteiger partial charge in [-0.15, -0.1) is 0 Å². The average molecular weight is 292 g/mol. The van der Waals surface area contributed by atoms with Crippen LogP contribution in [0.2, 0.25) is 5.02 Å². The van der Waals surface area contributed by atoms with Gasteiger partial charge in [0.25, 0.3) is 0 Å². The van der Waals surface area contributed by atoms with Crippen molar-refractivity contribution in [2.75, 3.05) is 5.32 Å². The molecule has 0 unspecified atom stereocenters. The van der Waals surface area contributed by atoms with Crippen LogP contribution in [0.3, 0.4) is 0 Å². The van der Waals surface area contributed by atoms with Gasteiger partial charge in [0.15, 0.2) is 0 Å². The lowest BCUT2D eigenvalue weighted by Crippen LogP contribution is -2.21. The Morgan fingerprint density at radius 1 is 1.30 bits per heavy atom. The standard InChI is InChI=1S/C15H18ClN3O/c1-3-11-9-12(4-2)19(18-11)10-15(20)17-14-8-6-5-7-13(14)16/h5-9H,3-4,10H2,1-2H3,(H,17,20). The summed E-state index contributed by atoms with van der Waals surface area (Å²) in [6.07, 6.45) is 1.72. The van der Waals surface area contributed by atoms with Crippen LogP contribution in [-0.4, -0.2) is 15.7 Å². The van der Waals surface area contributed by atoms with Crippen LogP contribution in [-0.2, 0) is 24.2 Å². The number of para-hydroxylation sites is 1. The van der Waals surface area contributed by atoms with Crippen molar-refractivity contribution in [3.63, 3.8) is 0 Å². The van der Waals surface area contributed by atoms with Gasteiger partial charge in [0.05, 0.1) is 16.4 Å². The number of nitrogens with one attached hydrogen (secondary N) is 1. The van der Waals surface area contributed by atoms with E-state index in [1.807, 2.05) is 18.2 Å². The molecule has 0 saturated heterocycles. The Morgan fingerprint density at radius 2 is 2.05 bits per heavy atom. The third-order valence-corrected chi connectivity index (χ3v) is 3.41. The number of aromatic nitrogens is 2. The van der Waals surface area contributed by atoms with Crippen LogP contribution in [0.1, 0.15) is 25.2 Å². The second kappa shape index (κ2) is 6.57. The zero-order valence-electron chi connectivity index (χ0n) is 11.7. The molecule has 2 aromatic rings. The van der Waals surface area contributed by atoms with E-state index in [1.165, 1.54) is 0 Å². The molecule has 1 amide bonds. The molecular formula is C15H18ClN3O. The highest BCUT2D eigenvalue weighted by Gasteiger charge is 2.10. The van der Waals surface area contributed by atoms with Crippen LogP contribution in [0.25, 0.3) is 0 Å². The van der Waals surface area contributed by atoms with Gasteiger partial charge in [0.2, 0.25) is 5.91 Å². The van der Waals surface area contributed by atoms with Crippen molar-refractivity contribution in [1.29, 1.82) is 0 Å². The second-order valence-electron chi connectivity index (χ2n) is 4.52. The van der Waals surface area contributed by atoms with Crippen LogP contribution in [0.4, 0.5) is 5.69 Å². The number of carbonyl (C=O) groups is 1. The summed E-state index contributed by atoms with van der Waals surface area (Å²) in [5.74, 6) is -0.126. The van der Waals surface area contributed by atoms with E-state index in [1.54, 1.807) is 16.8 Å². The van der Waals surface area contributed by atoms with Crippen LogP contribution in [0.5, 0.6) is 0 Å². The first kappa shape index (κ1) is 14.6. The largest absolute Gasteiger partial charge is 0.323 e.